The van der Waals surface area contributed by atoms with Crippen molar-refractivity contribution in [3.05, 3.63) is 29.8 Å². The average Bonchev–Trinajstić information content (AvgIpc) is 3.07. The number of amides is 2. The summed E-state index contributed by atoms with van der Waals surface area (Å²) in [5.41, 5.74) is 2.04. The van der Waals surface area contributed by atoms with Crippen molar-refractivity contribution in [3.8, 4) is 0 Å². The highest BCUT2D eigenvalue weighted by molar-refractivity contribution is 6.00. The number of nitrogens with zero attached hydrogens (tertiary/aromatic N) is 2. The van der Waals surface area contributed by atoms with Crippen LogP contribution in [0.2, 0.25) is 0 Å². The van der Waals surface area contributed by atoms with Gasteiger partial charge < -0.3 is 9.80 Å². The van der Waals surface area contributed by atoms with Gasteiger partial charge >= 0.3 is 0 Å². The quantitative estimate of drug-likeness (QED) is 0.826. The van der Waals surface area contributed by atoms with Crippen LogP contribution in [-0.2, 0) is 9.59 Å². The zero-order valence-electron chi connectivity index (χ0n) is 11.8. The van der Waals surface area contributed by atoms with Crippen LogP contribution in [0, 0.1) is 12.8 Å². The molecule has 4 nitrogen and oxygen atoms in total. The number of anilines is 1. The van der Waals surface area contributed by atoms with Crippen molar-refractivity contribution < 1.29 is 9.59 Å². The first-order valence-electron chi connectivity index (χ1n) is 7.31. The van der Waals surface area contributed by atoms with Gasteiger partial charge in [0, 0.05) is 31.7 Å². The Bertz CT molecular complexity index is 535. The molecule has 2 fully saturated rings. The highest BCUT2D eigenvalue weighted by Crippen LogP contribution is 2.27. The first-order chi connectivity index (χ1) is 9.65. The lowest BCUT2D eigenvalue weighted by Crippen LogP contribution is -2.35. The van der Waals surface area contributed by atoms with E-state index in [2.05, 4.69) is 0 Å². The van der Waals surface area contributed by atoms with Gasteiger partial charge in [-0.15, -0.1) is 0 Å². The van der Waals surface area contributed by atoms with Gasteiger partial charge in [-0.3, -0.25) is 9.59 Å². The Balaban J connectivity index is 1.73. The minimum absolute atomic E-state index is 0.0631. The fraction of sp³-hybridized carbons (Fsp3) is 0.500. The van der Waals surface area contributed by atoms with Crippen LogP contribution in [0.4, 0.5) is 5.69 Å². The van der Waals surface area contributed by atoms with Gasteiger partial charge in [-0.2, -0.15) is 0 Å². The molecule has 0 saturated carbocycles. The predicted molar refractivity (Wildman–Crippen MR) is 77.5 cm³/mol. The van der Waals surface area contributed by atoms with Crippen molar-refractivity contribution >= 4 is 17.5 Å². The number of carbonyl (C=O) groups is 2. The second kappa shape index (κ2) is 5.27. The van der Waals surface area contributed by atoms with E-state index in [-0.39, 0.29) is 17.7 Å². The van der Waals surface area contributed by atoms with E-state index in [0.717, 1.165) is 37.2 Å². The SMILES string of the molecule is Cc1cccc(N2C[C@@H](C(=O)N3CCCC3)CC2=O)c1. The van der Waals surface area contributed by atoms with Gasteiger partial charge in [0.2, 0.25) is 11.8 Å². The van der Waals surface area contributed by atoms with Crippen molar-refractivity contribution in [1.29, 1.82) is 0 Å². The Labute approximate surface area is 119 Å². The van der Waals surface area contributed by atoms with Gasteiger partial charge in [-0.1, -0.05) is 12.1 Å². The van der Waals surface area contributed by atoms with Crippen LogP contribution in [0.25, 0.3) is 0 Å². The fourth-order valence-corrected chi connectivity index (χ4v) is 3.11. The Morgan fingerprint density at radius 2 is 2.00 bits per heavy atom. The molecule has 1 aromatic carbocycles. The maximum absolute atomic E-state index is 12.4. The fourth-order valence-electron chi connectivity index (χ4n) is 3.11. The van der Waals surface area contributed by atoms with E-state index in [4.69, 9.17) is 0 Å². The number of benzene rings is 1. The summed E-state index contributed by atoms with van der Waals surface area (Å²) < 4.78 is 0. The van der Waals surface area contributed by atoms with E-state index in [0.29, 0.717) is 13.0 Å². The van der Waals surface area contributed by atoms with Crippen molar-refractivity contribution in [2.24, 2.45) is 5.92 Å². The molecule has 2 amide bonds. The van der Waals surface area contributed by atoms with Crippen LogP contribution in [0.15, 0.2) is 24.3 Å². The van der Waals surface area contributed by atoms with Crippen molar-refractivity contribution in [2.45, 2.75) is 26.2 Å². The monoisotopic (exact) mass is 272 g/mol. The summed E-state index contributed by atoms with van der Waals surface area (Å²) in [5.74, 6) is 0.0558. The van der Waals surface area contributed by atoms with Gasteiger partial charge in [0.15, 0.2) is 0 Å². The molecule has 0 aliphatic carbocycles. The average molecular weight is 272 g/mol. The van der Waals surface area contributed by atoms with E-state index < -0.39 is 0 Å². The smallest absolute Gasteiger partial charge is 0.228 e. The molecule has 2 aliphatic rings. The maximum Gasteiger partial charge on any atom is 0.228 e. The molecule has 0 radical (unpaired) electrons. The van der Waals surface area contributed by atoms with E-state index in [1.165, 1.54) is 0 Å². The van der Waals surface area contributed by atoms with Crippen LogP contribution in [0.3, 0.4) is 0 Å². The van der Waals surface area contributed by atoms with E-state index in [1.807, 2.05) is 36.1 Å². The second-order valence-corrected chi connectivity index (χ2v) is 5.78. The number of hydrogen-bond donors (Lipinski definition) is 0. The van der Waals surface area contributed by atoms with E-state index in [1.54, 1.807) is 4.90 Å². The number of hydrogen-bond acceptors (Lipinski definition) is 2. The maximum atomic E-state index is 12.4. The first-order valence-corrected chi connectivity index (χ1v) is 7.31. The van der Waals surface area contributed by atoms with Gasteiger partial charge in [0.05, 0.1) is 5.92 Å². The minimum Gasteiger partial charge on any atom is -0.342 e. The lowest BCUT2D eigenvalue weighted by Gasteiger charge is -2.20. The summed E-state index contributed by atoms with van der Waals surface area (Å²) in [6, 6.07) is 7.90. The summed E-state index contributed by atoms with van der Waals surface area (Å²) in [6.45, 7) is 4.25. The molecule has 2 saturated heterocycles. The molecule has 1 aromatic rings. The highest BCUT2D eigenvalue weighted by Gasteiger charge is 2.37. The molecule has 0 N–H and O–H groups in total. The van der Waals surface area contributed by atoms with Crippen LogP contribution in [0.1, 0.15) is 24.8 Å². The standard InChI is InChI=1S/C16H20N2O2/c1-12-5-4-6-14(9-12)18-11-13(10-15(18)19)16(20)17-7-2-3-8-17/h4-6,9,13H,2-3,7-8,10-11H2,1H3/t13-/m0/s1. The number of carbonyl (C=O) groups excluding carboxylic acids is 2. The molecule has 106 valence electrons. The normalized spacial score (nSPS) is 22.6. The Morgan fingerprint density at radius 3 is 2.70 bits per heavy atom. The van der Waals surface area contributed by atoms with Crippen molar-refractivity contribution in [2.75, 3.05) is 24.5 Å². The van der Waals surface area contributed by atoms with Gasteiger partial charge in [-0.05, 0) is 37.5 Å². The molecule has 2 heterocycles. The van der Waals surface area contributed by atoms with Crippen molar-refractivity contribution in [1.82, 2.24) is 4.90 Å². The summed E-state index contributed by atoms with van der Waals surface area (Å²) >= 11 is 0. The summed E-state index contributed by atoms with van der Waals surface area (Å²) in [4.78, 5) is 28.2. The van der Waals surface area contributed by atoms with Gasteiger partial charge in [-0.25, -0.2) is 0 Å². The second-order valence-electron chi connectivity index (χ2n) is 5.78. The lowest BCUT2D eigenvalue weighted by atomic mass is 10.1. The summed E-state index contributed by atoms with van der Waals surface area (Å²) in [5, 5.41) is 0. The minimum atomic E-state index is -0.166. The number of aryl methyl sites for hydroxylation is 1. The zero-order valence-corrected chi connectivity index (χ0v) is 11.8. The molecule has 0 unspecified atom stereocenters. The molecule has 0 bridgehead atoms. The van der Waals surface area contributed by atoms with Crippen LogP contribution in [-0.4, -0.2) is 36.3 Å². The molecule has 20 heavy (non-hydrogen) atoms. The third-order valence-corrected chi connectivity index (χ3v) is 4.21. The Hall–Kier alpha value is -1.84. The third-order valence-electron chi connectivity index (χ3n) is 4.21. The number of likely N-dealkylation sites (tertiary alicyclic amines) is 1. The summed E-state index contributed by atoms with van der Waals surface area (Å²) in [6.07, 6.45) is 2.53. The predicted octanol–water partition coefficient (Wildman–Crippen LogP) is 1.97. The molecule has 0 spiro atoms. The molecule has 0 aromatic heterocycles. The third kappa shape index (κ3) is 2.42. The molecule has 2 aliphatic heterocycles. The molecular weight excluding hydrogens is 252 g/mol. The van der Waals surface area contributed by atoms with Gasteiger partial charge in [0.25, 0.3) is 0 Å². The van der Waals surface area contributed by atoms with Crippen LogP contribution >= 0.6 is 0 Å². The lowest BCUT2D eigenvalue weighted by molar-refractivity contribution is -0.134. The van der Waals surface area contributed by atoms with Crippen molar-refractivity contribution in [3.63, 3.8) is 0 Å². The van der Waals surface area contributed by atoms with E-state index in [9.17, 15) is 9.59 Å². The molecule has 1 atom stereocenters. The molecular formula is C16H20N2O2. The Morgan fingerprint density at radius 1 is 1.25 bits per heavy atom. The zero-order chi connectivity index (χ0) is 14.1. The largest absolute Gasteiger partial charge is 0.342 e. The Kier molecular flexibility index (Phi) is 3.47. The molecule has 4 heteroatoms. The number of rotatable bonds is 2. The van der Waals surface area contributed by atoms with Crippen LogP contribution in [0.5, 0.6) is 0 Å². The first kappa shape index (κ1) is 13.2. The van der Waals surface area contributed by atoms with E-state index >= 15 is 0 Å². The topological polar surface area (TPSA) is 40.6 Å². The highest BCUT2D eigenvalue weighted by atomic mass is 16.2. The summed E-state index contributed by atoms with van der Waals surface area (Å²) in [7, 11) is 0. The van der Waals surface area contributed by atoms with Gasteiger partial charge in [0.1, 0.15) is 0 Å². The van der Waals surface area contributed by atoms with Crippen LogP contribution < -0.4 is 4.90 Å². The molecule has 3 rings (SSSR count).